The van der Waals surface area contributed by atoms with Gasteiger partial charge in [-0.1, -0.05) is 35.9 Å². The molecule has 35 heavy (non-hydrogen) atoms. The predicted molar refractivity (Wildman–Crippen MR) is 135 cm³/mol. The fourth-order valence-corrected chi connectivity index (χ4v) is 4.41. The molecule has 2 aromatic carbocycles. The van der Waals surface area contributed by atoms with Crippen LogP contribution in [-0.4, -0.2) is 38.7 Å². The lowest BCUT2D eigenvalue weighted by Gasteiger charge is -2.17. The minimum atomic E-state index is -0.397. The summed E-state index contributed by atoms with van der Waals surface area (Å²) in [6.07, 6.45) is 3.59. The number of nitrogens with two attached hydrogens (primary N) is 1. The molecule has 0 atom stereocenters. The first-order valence-corrected chi connectivity index (χ1v) is 11.2. The van der Waals surface area contributed by atoms with E-state index in [0.29, 0.717) is 45.0 Å². The lowest BCUT2D eigenvalue weighted by molar-refractivity contribution is 0.0956. The lowest BCUT2D eigenvalue weighted by atomic mass is 10.1. The van der Waals surface area contributed by atoms with Crippen LogP contribution in [0.15, 0.2) is 71.8 Å². The Kier molecular flexibility index (Phi) is 5.84. The second kappa shape index (κ2) is 9.11. The van der Waals surface area contributed by atoms with E-state index in [1.165, 1.54) is 4.52 Å². The molecular weight excluding hydrogens is 468 g/mol. The Balaban J connectivity index is 1.52. The smallest absolute Gasteiger partial charge is 0.264 e. The van der Waals surface area contributed by atoms with Gasteiger partial charge in [0.25, 0.3) is 11.5 Å². The standard InChI is InChI=1S/C25H21ClN6O3/c1-35-19-9-3-2-8-18(19)32-16(14-15-6-4-7-17(26)20(15)25(32)34)10-12-29-24(33)21-22(27)30-31-13-5-11-28-23(21)31/h2-9,11,13-14H,10,12H2,1H3,(H2,27,30)(H,29,33). The summed E-state index contributed by atoms with van der Waals surface area (Å²) in [4.78, 5) is 30.7. The Hall–Kier alpha value is -4.37. The van der Waals surface area contributed by atoms with Crippen molar-refractivity contribution in [2.45, 2.75) is 6.42 Å². The summed E-state index contributed by atoms with van der Waals surface area (Å²) in [5.74, 6) is 0.232. The molecule has 0 fully saturated rings. The highest BCUT2D eigenvalue weighted by molar-refractivity contribution is 6.35. The molecule has 9 nitrogen and oxygen atoms in total. The molecular formula is C25H21ClN6O3. The third-order valence-corrected chi connectivity index (χ3v) is 6.03. The van der Waals surface area contributed by atoms with Crippen molar-refractivity contribution in [3.8, 4) is 11.4 Å². The predicted octanol–water partition coefficient (Wildman–Crippen LogP) is 3.25. The summed E-state index contributed by atoms with van der Waals surface area (Å²) < 4.78 is 8.53. The van der Waals surface area contributed by atoms with E-state index < -0.39 is 5.91 Å². The molecule has 1 amide bonds. The van der Waals surface area contributed by atoms with Crippen LogP contribution in [0, 0.1) is 0 Å². The zero-order valence-corrected chi connectivity index (χ0v) is 19.5. The third-order valence-electron chi connectivity index (χ3n) is 5.71. The summed E-state index contributed by atoms with van der Waals surface area (Å²) in [6.45, 7) is 0.239. The van der Waals surface area contributed by atoms with Gasteiger partial charge in [0.15, 0.2) is 11.5 Å². The van der Waals surface area contributed by atoms with Crippen molar-refractivity contribution in [2.24, 2.45) is 0 Å². The molecule has 10 heteroatoms. The molecule has 0 spiro atoms. The topological polar surface area (TPSA) is 117 Å². The Morgan fingerprint density at radius 1 is 1.17 bits per heavy atom. The molecule has 0 saturated carbocycles. The summed E-state index contributed by atoms with van der Waals surface area (Å²) in [7, 11) is 1.55. The van der Waals surface area contributed by atoms with Crippen LogP contribution in [0.5, 0.6) is 5.75 Å². The van der Waals surface area contributed by atoms with Crippen LogP contribution in [0.3, 0.4) is 0 Å². The van der Waals surface area contributed by atoms with Gasteiger partial charge in [-0.05, 0) is 35.7 Å². The Labute approximate surface area is 204 Å². The van der Waals surface area contributed by atoms with E-state index in [-0.39, 0.29) is 23.5 Å². The number of aromatic nitrogens is 4. The molecule has 5 rings (SSSR count). The molecule has 0 bridgehead atoms. The zero-order valence-electron chi connectivity index (χ0n) is 18.7. The number of carbonyl (C=O) groups excluding carboxylic acids is 1. The molecule has 176 valence electrons. The highest BCUT2D eigenvalue weighted by Gasteiger charge is 2.20. The number of nitrogen functional groups attached to an aromatic ring is 1. The number of benzene rings is 2. The van der Waals surface area contributed by atoms with E-state index in [9.17, 15) is 9.59 Å². The number of hydrogen-bond acceptors (Lipinski definition) is 6. The van der Waals surface area contributed by atoms with Crippen LogP contribution < -0.4 is 21.3 Å². The average Bonchev–Trinajstić information content (AvgIpc) is 3.19. The highest BCUT2D eigenvalue weighted by Crippen LogP contribution is 2.27. The first-order valence-electron chi connectivity index (χ1n) is 10.8. The maximum atomic E-state index is 13.6. The quantitative estimate of drug-likeness (QED) is 0.379. The van der Waals surface area contributed by atoms with Gasteiger partial charge in [-0.2, -0.15) is 0 Å². The monoisotopic (exact) mass is 488 g/mol. The molecule has 3 aromatic heterocycles. The number of para-hydroxylation sites is 2. The van der Waals surface area contributed by atoms with E-state index in [2.05, 4.69) is 15.4 Å². The summed E-state index contributed by atoms with van der Waals surface area (Å²) >= 11 is 6.39. The van der Waals surface area contributed by atoms with Crippen molar-refractivity contribution in [1.82, 2.24) is 24.5 Å². The number of ether oxygens (including phenoxy) is 1. The Bertz CT molecular complexity index is 1640. The van der Waals surface area contributed by atoms with Crippen molar-refractivity contribution >= 4 is 39.7 Å². The van der Waals surface area contributed by atoms with Crippen molar-refractivity contribution in [3.05, 3.63) is 93.6 Å². The first kappa shape index (κ1) is 22.4. The second-order valence-electron chi connectivity index (χ2n) is 7.81. The van der Waals surface area contributed by atoms with Gasteiger partial charge >= 0.3 is 0 Å². The van der Waals surface area contributed by atoms with Crippen LogP contribution in [-0.2, 0) is 6.42 Å². The van der Waals surface area contributed by atoms with Gasteiger partial charge < -0.3 is 15.8 Å². The van der Waals surface area contributed by atoms with Gasteiger partial charge in [0.2, 0.25) is 0 Å². The number of nitrogens with one attached hydrogen (secondary N) is 1. The van der Waals surface area contributed by atoms with Gasteiger partial charge in [0.1, 0.15) is 11.3 Å². The number of rotatable bonds is 6. The van der Waals surface area contributed by atoms with Crippen molar-refractivity contribution in [2.75, 3.05) is 19.4 Å². The third kappa shape index (κ3) is 3.95. The molecule has 0 unspecified atom stereocenters. The van der Waals surface area contributed by atoms with Gasteiger partial charge in [0, 0.05) is 31.1 Å². The SMILES string of the molecule is COc1ccccc1-n1c(CCNC(=O)c2c(N)nn3cccnc23)cc2cccc(Cl)c2c1=O. The molecule has 3 heterocycles. The van der Waals surface area contributed by atoms with Crippen LogP contribution in [0.1, 0.15) is 16.1 Å². The number of halogens is 1. The number of fused-ring (bicyclic) bond motifs is 2. The fourth-order valence-electron chi connectivity index (χ4n) is 4.15. The number of anilines is 1. The minimum absolute atomic E-state index is 0.0903. The number of nitrogens with zero attached hydrogens (tertiary/aromatic N) is 4. The maximum absolute atomic E-state index is 13.6. The zero-order chi connectivity index (χ0) is 24.5. The van der Waals surface area contributed by atoms with E-state index >= 15 is 0 Å². The highest BCUT2D eigenvalue weighted by atomic mass is 35.5. The molecule has 0 aliphatic heterocycles. The minimum Gasteiger partial charge on any atom is -0.495 e. The van der Waals surface area contributed by atoms with Crippen molar-refractivity contribution in [1.29, 1.82) is 0 Å². The average molecular weight is 489 g/mol. The number of pyridine rings is 1. The first-order chi connectivity index (χ1) is 17.0. The van der Waals surface area contributed by atoms with E-state index in [1.54, 1.807) is 54.4 Å². The van der Waals surface area contributed by atoms with Crippen LogP contribution in [0.4, 0.5) is 5.82 Å². The number of hydrogen-bond donors (Lipinski definition) is 2. The van der Waals surface area contributed by atoms with Crippen LogP contribution in [0.2, 0.25) is 5.02 Å². The number of carbonyl (C=O) groups is 1. The van der Waals surface area contributed by atoms with Crippen molar-refractivity contribution < 1.29 is 9.53 Å². The molecule has 5 aromatic rings. The molecule has 3 N–H and O–H groups in total. The van der Waals surface area contributed by atoms with Crippen LogP contribution in [0.25, 0.3) is 22.1 Å². The van der Waals surface area contributed by atoms with Crippen LogP contribution >= 0.6 is 11.6 Å². The second-order valence-corrected chi connectivity index (χ2v) is 8.21. The Morgan fingerprint density at radius 2 is 2.00 bits per heavy atom. The Morgan fingerprint density at radius 3 is 2.83 bits per heavy atom. The van der Waals surface area contributed by atoms with E-state index in [4.69, 9.17) is 22.1 Å². The summed E-state index contributed by atoms with van der Waals surface area (Å²) in [5, 5.41) is 8.49. The van der Waals surface area contributed by atoms with E-state index in [1.807, 2.05) is 24.3 Å². The maximum Gasteiger partial charge on any atom is 0.264 e. The lowest BCUT2D eigenvalue weighted by Crippen LogP contribution is -2.29. The largest absolute Gasteiger partial charge is 0.495 e. The van der Waals surface area contributed by atoms with Crippen molar-refractivity contribution in [3.63, 3.8) is 0 Å². The van der Waals surface area contributed by atoms with E-state index in [0.717, 1.165) is 0 Å². The molecule has 0 radical (unpaired) electrons. The summed E-state index contributed by atoms with van der Waals surface area (Å²) in [6, 6.07) is 16.2. The van der Waals surface area contributed by atoms with Gasteiger partial charge in [-0.15, -0.1) is 5.10 Å². The number of amides is 1. The van der Waals surface area contributed by atoms with Gasteiger partial charge in [-0.25, -0.2) is 9.50 Å². The normalized spacial score (nSPS) is 11.1. The molecule has 0 saturated heterocycles. The fraction of sp³-hybridized carbons (Fsp3) is 0.120. The molecule has 0 aliphatic carbocycles. The summed E-state index contributed by atoms with van der Waals surface area (Å²) in [5.41, 5.74) is 7.53. The molecule has 0 aliphatic rings. The van der Waals surface area contributed by atoms with Gasteiger partial charge in [-0.3, -0.25) is 14.2 Å². The van der Waals surface area contributed by atoms with Gasteiger partial charge in [0.05, 0.1) is 23.2 Å². The number of methoxy groups -OCH3 is 1.